The highest BCUT2D eigenvalue weighted by Gasteiger charge is 2.11. The molecule has 1 N–H and O–H groups in total. The molecule has 0 atom stereocenters. The zero-order valence-corrected chi connectivity index (χ0v) is 17.6. The lowest BCUT2D eigenvalue weighted by molar-refractivity contribution is 0.102. The fraction of sp³-hybridized carbons (Fsp3) is 0.0476. The molecule has 134 valence electrons. The van der Waals surface area contributed by atoms with Crippen LogP contribution in [0.15, 0.2) is 75.9 Å². The average Bonchev–Trinajstić information content (AvgIpc) is 3.06. The number of imidazole rings is 1. The smallest absolute Gasteiger partial charge is 0.255 e. The molecule has 0 aliphatic rings. The minimum absolute atomic E-state index is 0.119. The number of nitrogens with one attached hydrogen (secondary N) is 1. The molecule has 0 unspecified atom stereocenters. The van der Waals surface area contributed by atoms with Crippen molar-refractivity contribution in [1.29, 1.82) is 0 Å². The number of aryl methyl sites for hydroxylation is 1. The first-order valence-corrected chi connectivity index (χ1v) is 9.91. The molecule has 0 aliphatic heterocycles. The van der Waals surface area contributed by atoms with Gasteiger partial charge in [0.1, 0.15) is 0 Å². The molecule has 0 bridgehead atoms. The third-order valence-electron chi connectivity index (χ3n) is 4.28. The Hall–Kier alpha value is -2.44. The summed E-state index contributed by atoms with van der Waals surface area (Å²) < 4.78 is 3.83. The average molecular weight is 485 g/mol. The number of anilines is 1. The van der Waals surface area contributed by atoms with E-state index in [9.17, 15) is 4.79 Å². The van der Waals surface area contributed by atoms with Gasteiger partial charge in [-0.1, -0.05) is 30.3 Å². The molecular formula is C21H15Br2N3O. The van der Waals surface area contributed by atoms with Crippen molar-refractivity contribution in [3.05, 3.63) is 87.1 Å². The molecule has 0 fully saturated rings. The lowest BCUT2D eigenvalue weighted by atomic mass is 10.1. The van der Waals surface area contributed by atoms with Gasteiger partial charge in [0.05, 0.1) is 10.2 Å². The van der Waals surface area contributed by atoms with E-state index in [-0.39, 0.29) is 5.91 Å². The minimum Gasteiger partial charge on any atom is -0.322 e. The predicted molar refractivity (Wildman–Crippen MR) is 115 cm³/mol. The number of pyridine rings is 1. The molecule has 0 saturated carbocycles. The number of amides is 1. The van der Waals surface area contributed by atoms with Gasteiger partial charge in [-0.2, -0.15) is 0 Å². The van der Waals surface area contributed by atoms with Crippen molar-refractivity contribution in [2.45, 2.75) is 6.92 Å². The van der Waals surface area contributed by atoms with Gasteiger partial charge in [0.2, 0.25) is 0 Å². The van der Waals surface area contributed by atoms with Crippen LogP contribution in [0.1, 0.15) is 15.9 Å². The molecular weight excluding hydrogens is 470 g/mol. The van der Waals surface area contributed by atoms with E-state index in [0.717, 1.165) is 37.1 Å². The second-order valence-corrected chi connectivity index (χ2v) is 7.98. The zero-order valence-electron chi connectivity index (χ0n) is 14.4. The number of aromatic nitrogens is 2. The summed E-state index contributed by atoms with van der Waals surface area (Å²) in [6.07, 6.45) is 3.92. The second-order valence-electron chi connectivity index (χ2n) is 6.21. The maximum atomic E-state index is 12.6. The first kappa shape index (κ1) is 17.9. The highest BCUT2D eigenvalue weighted by Crippen LogP contribution is 2.27. The number of nitrogens with zero attached hydrogens (tertiary/aromatic N) is 2. The number of benzene rings is 2. The van der Waals surface area contributed by atoms with Gasteiger partial charge < -0.3 is 9.72 Å². The largest absolute Gasteiger partial charge is 0.322 e. The second kappa shape index (κ2) is 7.29. The summed E-state index contributed by atoms with van der Waals surface area (Å²) >= 11 is 7.03. The molecule has 2 heterocycles. The summed E-state index contributed by atoms with van der Waals surface area (Å²) in [6, 6.07) is 17.2. The van der Waals surface area contributed by atoms with Gasteiger partial charge in [0, 0.05) is 33.7 Å². The summed E-state index contributed by atoms with van der Waals surface area (Å²) in [5.41, 5.74) is 4.96. The van der Waals surface area contributed by atoms with Crippen molar-refractivity contribution in [3.8, 4) is 11.3 Å². The standard InChI is InChI=1S/C21H15Br2N3O/c1-13-5-2-3-8-17(13)21(27)24-16-7-4-6-14(9-16)19-12-26-11-15(22)10-18(23)20(26)25-19/h2-12H,1H3,(H,24,27). The third kappa shape index (κ3) is 3.68. The lowest BCUT2D eigenvalue weighted by Gasteiger charge is -2.08. The van der Waals surface area contributed by atoms with Gasteiger partial charge >= 0.3 is 0 Å². The maximum Gasteiger partial charge on any atom is 0.255 e. The highest BCUT2D eigenvalue weighted by atomic mass is 79.9. The summed E-state index contributed by atoms with van der Waals surface area (Å²) in [5.74, 6) is -0.119. The van der Waals surface area contributed by atoms with Crippen LogP contribution in [0.4, 0.5) is 5.69 Å². The van der Waals surface area contributed by atoms with Gasteiger partial charge in [0.25, 0.3) is 5.91 Å². The van der Waals surface area contributed by atoms with Crippen LogP contribution in [0.3, 0.4) is 0 Å². The molecule has 0 spiro atoms. The topological polar surface area (TPSA) is 46.4 Å². The molecule has 4 nitrogen and oxygen atoms in total. The van der Waals surface area contributed by atoms with Gasteiger partial charge in [-0.15, -0.1) is 0 Å². The monoisotopic (exact) mass is 483 g/mol. The number of fused-ring (bicyclic) bond motifs is 1. The maximum absolute atomic E-state index is 12.6. The summed E-state index contributed by atoms with van der Waals surface area (Å²) in [5, 5.41) is 2.97. The Kier molecular flexibility index (Phi) is 4.85. The Morgan fingerprint density at radius 1 is 1.04 bits per heavy atom. The predicted octanol–water partition coefficient (Wildman–Crippen LogP) is 6.09. The SMILES string of the molecule is Cc1ccccc1C(=O)Nc1cccc(-c2cn3cc(Br)cc(Br)c3n2)c1. The van der Waals surface area contributed by atoms with E-state index in [4.69, 9.17) is 4.98 Å². The van der Waals surface area contributed by atoms with Crippen molar-refractivity contribution in [1.82, 2.24) is 9.38 Å². The van der Waals surface area contributed by atoms with E-state index < -0.39 is 0 Å². The van der Waals surface area contributed by atoms with Crippen LogP contribution < -0.4 is 5.32 Å². The van der Waals surface area contributed by atoms with E-state index in [2.05, 4.69) is 37.2 Å². The molecule has 2 aromatic carbocycles. The fourth-order valence-corrected chi connectivity index (χ4v) is 4.24. The van der Waals surface area contributed by atoms with Gasteiger partial charge in [-0.3, -0.25) is 4.79 Å². The van der Waals surface area contributed by atoms with Crippen molar-refractivity contribution in [2.24, 2.45) is 0 Å². The quantitative estimate of drug-likeness (QED) is 0.382. The van der Waals surface area contributed by atoms with Crippen LogP contribution in [-0.4, -0.2) is 15.3 Å². The van der Waals surface area contributed by atoms with Crippen LogP contribution in [0.25, 0.3) is 16.9 Å². The summed E-state index contributed by atoms with van der Waals surface area (Å²) in [7, 11) is 0. The Bertz CT molecular complexity index is 1170. The van der Waals surface area contributed by atoms with E-state index in [1.54, 1.807) is 0 Å². The molecule has 6 heteroatoms. The van der Waals surface area contributed by atoms with Crippen LogP contribution >= 0.6 is 31.9 Å². The van der Waals surface area contributed by atoms with E-state index in [0.29, 0.717) is 5.56 Å². The van der Waals surface area contributed by atoms with Crippen molar-refractivity contribution in [2.75, 3.05) is 5.32 Å². The molecule has 0 saturated heterocycles. The van der Waals surface area contributed by atoms with E-state index >= 15 is 0 Å². The summed E-state index contributed by atoms with van der Waals surface area (Å²) in [4.78, 5) is 17.3. The Balaban J connectivity index is 1.66. The van der Waals surface area contributed by atoms with E-state index in [1.165, 1.54) is 0 Å². The Morgan fingerprint density at radius 2 is 1.85 bits per heavy atom. The highest BCUT2D eigenvalue weighted by molar-refractivity contribution is 9.11. The fourth-order valence-electron chi connectivity index (χ4n) is 2.95. The van der Waals surface area contributed by atoms with Crippen molar-refractivity contribution in [3.63, 3.8) is 0 Å². The first-order chi connectivity index (χ1) is 13.0. The number of carbonyl (C=O) groups is 1. The lowest BCUT2D eigenvalue weighted by Crippen LogP contribution is -2.13. The first-order valence-electron chi connectivity index (χ1n) is 8.32. The van der Waals surface area contributed by atoms with Crippen LogP contribution in [0, 0.1) is 6.92 Å². The molecule has 1 amide bonds. The van der Waals surface area contributed by atoms with Crippen molar-refractivity contribution >= 4 is 49.1 Å². The molecule has 0 aliphatic carbocycles. The number of halogens is 2. The number of carbonyl (C=O) groups excluding carboxylic acids is 1. The summed E-state index contributed by atoms with van der Waals surface area (Å²) in [6.45, 7) is 1.93. The van der Waals surface area contributed by atoms with Crippen molar-refractivity contribution < 1.29 is 4.79 Å². The molecule has 4 rings (SSSR count). The van der Waals surface area contributed by atoms with Gasteiger partial charge in [-0.25, -0.2) is 4.98 Å². The Labute approximate surface area is 173 Å². The van der Waals surface area contributed by atoms with Crippen LogP contribution in [0.2, 0.25) is 0 Å². The van der Waals surface area contributed by atoms with Crippen LogP contribution in [-0.2, 0) is 0 Å². The minimum atomic E-state index is -0.119. The number of hydrogen-bond donors (Lipinski definition) is 1. The van der Waals surface area contributed by atoms with E-state index in [1.807, 2.05) is 78.3 Å². The Morgan fingerprint density at radius 3 is 2.67 bits per heavy atom. The van der Waals surface area contributed by atoms with Crippen LogP contribution in [0.5, 0.6) is 0 Å². The molecule has 2 aromatic heterocycles. The molecule has 0 radical (unpaired) electrons. The number of rotatable bonds is 3. The molecule has 4 aromatic rings. The van der Waals surface area contributed by atoms with Gasteiger partial charge in [-0.05, 0) is 68.6 Å². The molecule has 27 heavy (non-hydrogen) atoms. The third-order valence-corrected chi connectivity index (χ3v) is 5.30. The normalized spacial score (nSPS) is 10.9. The van der Waals surface area contributed by atoms with Gasteiger partial charge in [0.15, 0.2) is 5.65 Å². The number of hydrogen-bond acceptors (Lipinski definition) is 2. The zero-order chi connectivity index (χ0) is 19.0.